The summed E-state index contributed by atoms with van der Waals surface area (Å²) in [6.45, 7) is 0. The van der Waals surface area contributed by atoms with Crippen LogP contribution in [-0.2, 0) is 0 Å². The molecule has 1 heterocycles. The number of hydrogen-bond donors (Lipinski definition) is 0. The highest BCUT2D eigenvalue weighted by atomic mass is 15.2. The van der Waals surface area contributed by atoms with Crippen molar-refractivity contribution in [3.63, 3.8) is 0 Å². The molecule has 9 aromatic carbocycles. The van der Waals surface area contributed by atoms with Crippen molar-refractivity contribution in [1.82, 2.24) is 4.57 Å². The molecule has 2 aliphatic rings. The van der Waals surface area contributed by atoms with Gasteiger partial charge >= 0.3 is 0 Å². The SMILES string of the molecule is C1=CC(c2ccccc2)CC(N(c2ccc3c(c2)-c2c4ccccc4cc4cccc-3c24)c2ccc3c4ccccc4n(-c4ccc5ccccc5c4)c3c2)=C1. The Morgan fingerprint density at radius 3 is 2.11 bits per heavy atom. The largest absolute Gasteiger partial charge is 0.314 e. The Kier molecular flexibility index (Phi) is 6.79. The summed E-state index contributed by atoms with van der Waals surface area (Å²) in [4.78, 5) is 2.52. The van der Waals surface area contributed by atoms with Crippen LogP contribution in [0.2, 0.25) is 0 Å². The zero-order valence-electron chi connectivity index (χ0n) is 30.7. The maximum absolute atomic E-state index is 2.52. The lowest BCUT2D eigenvalue weighted by molar-refractivity contribution is 0.794. The molecule has 56 heavy (non-hydrogen) atoms. The van der Waals surface area contributed by atoms with Crippen molar-refractivity contribution in [3.8, 4) is 27.9 Å². The second-order valence-corrected chi connectivity index (χ2v) is 15.3. The van der Waals surface area contributed by atoms with Gasteiger partial charge in [-0.25, -0.2) is 0 Å². The molecule has 262 valence electrons. The van der Waals surface area contributed by atoms with Gasteiger partial charge in [-0.1, -0.05) is 146 Å². The smallest absolute Gasteiger partial charge is 0.0561 e. The fourth-order valence-corrected chi connectivity index (χ4v) is 9.67. The minimum Gasteiger partial charge on any atom is -0.314 e. The van der Waals surface area contributed by atoms with Crippen molar-refractivity contribution in [2.45, 2.75) is 12.3 Å². The Labute approximate surface area is 325 Å². The van der Waals surface area contributed by atoms with E-state index in [-0.39, 0.29) is 5.92 Å². The number of fused-ring (bicyclic) bond motifs is 9. The molecule has 0 saturated heterocycles. The molecule has 2 aliphatic carbocycles. The van der Waals surface area contributed by atoms with Crippen LogP contribution < -0.4 is 4.90 Å². The molecular formula is C54H36N2. The third-order valence-electron chi connectivity index (χ3n) is 12.2. The monoisotopic (exact) mass is 712 g/mol. The van der Waals surface area contributed by atoms with Crippen LogP contribution in [0, 0.1) is 0 Å². The fourth-order valence-electron chi connectivity index (χ4n) is 9.67. The lowest BCUT2D eigenvalue weighted by Crippen LogP contribution is -2.19. The van der Waals surface area contributed by atoms with Crippen molar-refractivity contribution < 1.29 is 0 Å². The lowest BCUT2D eigenvalue weighted by atomic mass is 9.90. The average Bonchev–Trinajstić information content (AvgIpc) is 3.77. The highest BCUT2D eigenvalue weighted by Crippen LogP contribution is 2.52. The predicted octanol–water partition coefficient (Wildman–Crippen LogP) is 14.7. The summed E-state index contributed by atoms with van der Waals surface area (Å²) in [5.74, 6) is 0.280. The quantitative estimate of drug-likeness (QED) is 0.161. The first-order valence-corrected chi connectivity index (χ1v) is 19.6. The average molecular weight is 713 g/mol. The maximum atomic E-state index is 2.52. The summed E-state index contributed by atoms with van der Waals surface area (Å²) >= 11 is 0. The van der Waals surface area contributed by atoms with Crippen molar-refractivity contribution in [2.24, 2.45) is 0 Å². The number of hydrogen-bond acceptors (Lipinski definition) is 1. The molecule has 12 rings (SSSR count). The van der Waals surface area contributed by atoms with Gasteiger partial charge in [0.1, 0.15) is 0 Å². The van der Waals surface area contributed by atoms with E-state index in [1.54, 1.807) is 0 Å². The van der Waals surface area contributed by atoms with Gasteiger partial charge in [-0.05, 0) is 121 Å². The molecule has 0 aliphatic heterocycles. The Morgan fingerprint density at radius 2 is 1.20 bits per heavy atom. The van der Waals surface area contributed by atoms with E-state index in [0.29, 0.717) is 0 Å². The van der Waals surface area contributed by atoms with E-state index in [0.717, 1.165) is 17.8 Å². The topological polar surface area (TPSA) is 8.17 Å². The Balaban J connectivity index is 1.09. The number of nitrogens with zero attached hydrogens (tertiary/aromatic N) is 2. The standard InChI is InChI=1S/C54H36N2/c1-2-12-35(13-3-1)38-17-10-19-41(31-38)55(43-26-28-46-49-22-11-18-40-30-39-16-6-7-20-45(39)54(53(40)49)50(46)33-43)44-27-29-48-47-21-8-9-23-51(47)56(52(48)34-44)42-25-24-36-14-4-5-15-37(36)32-42/h1-30,32-34,38H,31H2. The molecule has 0 fully saturated rings. The van der Waals surface area contributed by atoms with Gasteiger partial charge in [0.15, 0.2) is 0 Å². The van der Waals surface area contributed by atoms with Gasteiger partial charge in [0.05, 0.1) is 11.0 Å². The molecule has 0 N–H and O–H groups in total. The number of rotatable bonds is 5. The summed E-state index contributed by atoms with van der Waals surface area (Å²) in [6, 6.07) is 67.4. The summed E-state index contributed by atoms with van der Waals surface area (Å²) < 4.78 is 2.45. The van der Waals surface area contributed by atoms with E-state index in [9.17, 15) is 0 Å². The van der Waals surface area contributed by atoms with Gasteiger partial charge < -0.3 is 9.47 Å². The molecule has 10 aromatic rings. The van der Waals surface area contributed by atoms with Gasteiger partial charge in [-0.3, -0.25) is 0 Å². The molecule has 1 unspecified atom stereocenters. The number of aromatic nitrogens is 1. The molecule has 0 radical (unpaired) electrons. The zero-order chi connectivity index (χ0) is 36.7. The predicted molar refractivity (Wildman–Crippen MR) is 237 cm³/mol. The van der Waals surface area contributed by atoms with Crippen molar-refractivity contribution in [1.29, 1.82) is 0 Å². The first kappa shape index (κ1) is 31.2. The Bertz CT molecular complexity index is 3290. The van der Waals surface area contributed by atoms with Gasteiger partial charge in [0, 0.05) is 39.4 Å². The highest BCUT2D eigenvalue weighted by molar-refractivity contribution is 6.24. The van der Waals surface area contributed by atoms with Crippen LogP contribution in [0.1, 0.15) is 17.9 Å². The second-order valence-electron chi connectivity index (χ2n) is 15.3. The molecule has 1 aromatic heterocycles. The van der Waals surface area contributed by atoms with E-state index < -0.39 is 0 Å². The number of benzene rings is 9. The van der Waals surface area contributed by atoms with Crippen molar-refractivity contribution in [3.05, 3.63) is 211 Å². The Hall–Kier alpha value is -7.16. The second kappa shape index (κ2) is 12.2. The third-order valence-corrected chi connectivity index (χ3v) is 12.2. The first-order chi connectivity index (χ1) is 27.8. The molecule has 1 atom stereocenters. The lowest BCUT2D eigenvalue weighted by Gasteiger charge is -2.32. The van der Waals surface area contributed by atoms with Crippen LogP contribution in [0.4, 0.5) is 11.4 Å². The van der Waals surface area contributed by atoms with Gasteiger partial charge in [-0.15, -0.1) is 0 Å². The van der Waals surface area contributed by atoms with Gasteiger partial charge in [0.25, 0.3) is 0 Å². The summed E-state index contributed by atoms with van der Waals surface area (Å²) in [5.41, 5.74) is 13.8. The molecule has 0 saturated carbocycles. The number of allylic oxidation sites excluding steroid dienone is 4. The summed E-state index contributed by atoms with van der Waals surface area (Å²) in [5, 5.41) is 10.2. The number of para-hydroxylation sites is 1. The minimum absolute atomic E-state index is 0.280. The molecule has 2 nitrogen and oxygen atoms in total. The highest BCUT2D eigenvalue weighted by Gasteiger charge is 2.27. The van der Waals surface area contributed by atoms with Crippen LogP contribution in [0.5, 0.6) is 0 Å². The van der Waals surface area contributed by atoms with Crippen LogP contribution in [0.25, 0.3) is 82.1 Å². The first-order valence-electron chi connectivity index (χ1n) is 19.6. The van der Waals surface area contributed by atoms with E-state index in [2.05, 4.69) is 210 Å². The molecule has 0 spiro atoms. The van der Waals surface area contributed by atoms with Crippen molar-refractivity contribution >= 4 is 65.5 Å². The summed E-state index contributed by atoms with van der Waals surface area (Å²) in [6.07, 6.45) is 7.82. The fraction of sp³-hybridized carbons (Fsp3) is 0.0370. The maximum Gasteiger partial charge on any atom is 0.0561 e. The van der Waals surface area contributed by atoms with Gasteiger partial charge in [-0.2, -0.15) is 0 Å². The van der Waals surface area contributed by atoms with E-state index in [1.165, 1.54) is 93.3 Å². The summed E-state index contributed by atoms with van der Waals surface area (Å²) in [7, 11) is 0. The molecule has 0 amide bonds. The molecular weight excluding hydrogens is 677 g/mol. The normalized spacial score (nSPS) is 14.6. The van der Waals surface area contributed by atoms with Crippen LogP contribution in [-0.4, -0.2) is 4.57 Å². The van der Waals surface area contributed by atoms with E-state index >= 15 is 0 Å². The molecule has 2 heteroatoms. The minimum atomic E-state index is 0.280. The van der Waals surface area contributed by atoms with Crippen LogP contribution >= 0.6 is 0 Å². The van der Waals surface area contributed by atoms with Crippen molar-refractivity contribution in [2.75, 3.05) is 4.90 Å². The Morgan fingerprint density at radius 1 is 0.464 bits per heavy atom. The van der Waals surface area contributed by atoms with Crippen LogP contribution in [0.3, 0.4) is 0 Å². The van der Waals surface area contributed by atoms with Crippen LogP contribution in [0.15, 0.2) is 206 Å². The molecule has 0 bridgehead atoms. The van der Waals surface area contributed by atoms with Gasteiger partial charge in [0.2, 0.25) is 0 Å². The van der Waals surface area contributed by atoms with E-state index in [4.69, 9.17) is 0 Å². The number of anilines is 2. The van der Waals surface area contributed by atoms with E-state index in [1.807, 2.05) is 0 Å². The zero-order valence-corrected chi connectivity index (χ0v) is 30.7. The third kappa shape index (κ3) is 4.69.